The number of benzene rings is 1. The minimum atomic E-state index is -0.692. The van der Waals surface area contributed by atoms with E-state index in [-0.39, 0.29) is 0 Å². The van der Waals surface area contributed by atoms with Gasteiger partial charge in [0.2, 0.25) is 0 Å². The average molecular weight is 311 g/mol. The summed E-state index contributed by atoms with van der Waals surface area (Å²) in [6.45, 7) is 10.5. The van der Waals surface area contributed by atoms with Crippen LogP contribution >= 0.6 is 0 Å². The van der Waals surface area contributed by atoms with Crippen LogP contribution in [-0.2, 0) is 12.1 Å². The minimum absolute atomic E-state index is 0.692. The zero-order valence-corrected chi connectivity index (χ0v) is 14.0. The number of aliphatic hydroxyl groups is 1. The lowest BCUT2D eigenvalue weighted by Gasteiger charge is -2.39. The second-order valence-electron chi connectivity index (χ2n) is 6.52. The van der Waals surface area contributed by atoms with Gasteiger partial charge in [0, 0.05) is 37.6 Å². The van der Waals surface area contributed by atoms with E-state index < -0.39 is 5.60 Å². The second kappa shape index (κ2) is 6.30. The largest absolute Gasteiger partial charge is 0.385 e. The van der Waals surface area contributed by atoms with Gasteiger partial charge in [-0.3, -0.25) is 4.90 Å². The van der Waals surface area contributed by atoms with Crippen LogP contribution in [0.3, 0.4) is 0 Å². The molecular weight excluding hydrogens is 286 g/mol. The Labute approximate surface area is 138 Å². The van der Waals surface area contributed by atoms with Crippen molar-refractivity contribution >= 4 is 6.20 Å². The van der Waals surface area contributed by atoms with E-state index >= 15 is 0 Å². The van der Waals surface area contributed by atoms with E-state index in [1.54, 1.807) is 10.9 Å². The summed E-state index contributed by atoms with van der Waals surface area (Å²) in [6.07, 6.45) is 5.28. The highest BCUT2D eigenvalue weighted by Crippen LogP contribution is 2.35. The van der Waals surface area contributed by atoms with Gasteiger partial charge in [-0.15, -0.1) is 0 Å². The molecule has 122 valence electrons. The molecule has 2 heterocycles. The third-order valence-electron chi connectivity index (χ3n) is 4.93. The topological polar surface area (TPSA) is 41.3 Å². The van der Waals surface area contributed by atoms with E-state index in [4.69, 9.17) is 0 Å². The summed E-state index contributed by atoms with van der Waals surface area (Å²) in [6, 6.07) is 8.17. The van der Waals surface area contributed by atoms with Gasteiger partial charge in [0.05, 0.1) is 11.3 Å². The SMILES string of the molecule is C=Cn1cc(CN2CCC(O)(c3ccccc3C)CC2)c(C)n1. The number of rotatable bonds is 4. The molecule has 0 aliphatic carbocycles. The van der Waals surface area contributed by atoms with Crippen LogP contribution in [0.5, 0.6) is 0 Å². The maximum absolute atomic E-state index is 11.0. The molecule has 1 aromatic carbocycles. The molecule has 1 saturated heterocycles. The molecule has 1 aliphatic heterocycles. The van der Waals surface area contributed by atoms with Crippen molar-refractivity contribution in [2.45, 2.75) is 38.8 Å². The quantitative estimate of drug-likeness (QED) is 0.943. The molecule has 0 unspecified atom stereocenters. The van der Waals surface area contributed by atoms with Crippen molar-refractivity contribution in [2.75, 3.05) is 13.1 Å². The first-order chi connectivity index (χ1) is 11.0. The molecule has 1 aromatic heterocycles. The lowest BCUT2D eigenvalue weighted by molar-refractivity contribution is -0.0282. The molecule has 1 aliphatic rings. The Bertz CT molecular complexity index is 696. The molecule has 0 saturated carbocycles. The number of piperidine rings is 1. The summed E-state index contributed by atoms with van der Waals surface area (Å²) in [5.41, 5.74) is 3.83. The monoisotopic (exact) mass is 311 g/mol. The first-order valence-corrected chi connectivity index (χ1v) is 8.20. The molecule has 1 fully saturated rings. The summed E-state index contributed by atoms with van der Waals surface area (Å²) >= 11 is 0. The van der Waals surface area contributed by atoms with Crippen LogP contribution in [0.1, 0.15) is 35.2 Å². The van der Waals surface area contributed by atoms with Crippen molar-refractivity contribution in [3.63, 3.8) is 0 Å². The molecule has 3 rings (SSSR count). The summed E-state index contributed by atoms with van der Waals surface area (Å²) in [7, 11) is 0. The van der Waals surface area contributed by atoms with Crippen LogP contribution in [0, 0.1) is 13.8 Å². The predicted molar refractivity (Wildman–Crippen MR) is 92.9 cm³/mol. The molecule has 4 nitrogen and oxygen atoms in total. The Hall–Kier alpha value is -1.91. The highest BCUT2D eigenvalue weighted by Gasteiger charge is 2.34. The normalized spacial score (nSPS) is 18.0. The third kappa shape index (κ3) is 3.23. The summed E-state index contributed by atoms with van der Waals surface area (Å²) < 4.78 is 1.76. The van der Waals surface area contributed by atoms with Gasteiger partial charge in [0.15, 0.2) is 0 Å². The van der Waals surface area contributed by atoms with Crippen molar-refractivity contribution in [3.8, 4) is 0 Å². The first-order valence-electron chi connectivity index (χ1n) is 8.20. The van der Waals surface area contributed by atoms with Crippen molar-refractivity contribution in [2.24, 2.45) is 0 Å². The number of aryl methyl sites for hydroxylation is 2. The van der Waals surface area contributed by atoms with Crippen molar-refractivity contribution in [1.29, 1.82) is 0 Å². The van der Waals surface area contributed by atoms with E-state index in [2.05, 4.69) is 35.6 Å². The van der Waals surface area contributed by atoms with E-state index in [1.807, 2.05) is 25.3 Å². The van der Waals surface area contributed by atoms with Crippen LogP contribution in [0.2, 0.25) is 0 Å². The summed E-state index contributed by atoms with van der Waals surface area (Å²) in [5, 5.41) is 15.5. The Balaban J connectivity index is 1.67. The summed E-state index contributed by atoms with van der Waals surface area (Å²) in [4.78, 5) is 2.39. The van der Waals surface area contributed by atoms with E-state index in [1.165, 1.54) is 11.1 Å². The number of hydrogen-bond acceptors (Lipinski definition) is 3. The molecule has 1 N–H and O–H groups in total. The maximum atomic E-state index is 11.0. The molecule has 4 heteroatoms. The fraction of sp³-hybridized carbons (Fsp3) is 0.421. The number of nitrogens with zero attached hydrogens (tertiary/aromatic N) is 3. The molecule has 0 bridgehead atoms. The van der Waals surface area contributed by atoms with Gasteiger partial charge in [-0.1, -0.05) is 30.8 Å². The van der Waals surface area contributed by atoms with Crippen LogP contribution in [0.25, 0.3) is 6.20 Å². The van der Waals surface area contributed by atoms with Gasteiger partial charge in [0.1, 0.15) is 0 Å². The van der Waals surface area contributed by atoms with Crippen molar-refractivity contribution < 1.29 is 5.11 Å². The van der Waals surface area contributed by atoms with Crippen molar-refractivity contribution in [1.82, 2.24) is 14.7 Å². The smallest absolute Gasteiger partial charge is 0.0923 e. The van der Waals surface area contributed by atoms with Gasteiger partial charge < -0.3 is 5.11 Å². The van der Waals surface area contributed by atoms with Gasteiger partial charge >= 0.3 is 0 Å². The maximum Gasteiger partial charge on any atom is 0.0923 e. The van der Waals surface area contributed by atoms with E-state index in [0.29, 0.717) is 0 Å². The minimum Gasteiger partial charge on any atom is -0.385 e. The highest BCUT2D eigenvalue weighted by molar-refractivity contribution is 5.32. The lowest BCUT2D eigenvalue weighted by Crippen LogP contribution is -2.42. The Kier molecular flexibility index (Phi) is 4.37. The molecule has 23 heavy (non-hydrogen) atoms. The fourth-order valence-electron chi connectivity index (χ4n) is 3.45. The zero-order chi connectivity index (χ0) is 16.4. The Morgan fingerprint density at radius 2 is 1.96 bits per heavy atom. The van der Waals surface area contributed by atoms with Gasteiger partial charge in [-0.05, 0) is 37.8 Å². The molecule has 0 radical (unpaired) electrons. The molecule has 0 atom stereocenters. The Morgan fingerprint density at radius 1 is 1.26 bits per heavy atom. The van der Waals surface area contributed by atoms with Crippen LogP contribution < -0.4 is 0 Å². The standard InChI is InChI=1S/C19H25N3O/c1-4-22-14-17(16(3)20-22)13-21-11-9-19(23,10-12-21)18-8-6-5-7-15(18)2/h4-8,14,23H,1,9-13H2,2-3H3. The average Bonchev–Trinajstić information content (AvgIpc) is 2.90. The zero-order valence-electron chi connectivity index (χ0n) is 14.0. The predicted octanol–water partition coefficient (Wildman–Crippen LogP) is 3.08. The van der Waals surface area contributed by atoms with E-state index in [0.717, 1.165) is 43.7 Å². The third-order valence-corrected chi connectivity index (χ3v) is 4.93. The lowest BCUT2D eigenvalue weighted by atomic mass is 9.82. The molecular formula is C19H25N3O. The van der Waals surface area contributed by atoms with Gasteiger partial charge in [-0.2, -0.15) is 5.10 Å². The highest BCUT2D eigenvalue weighted by atomic mass is 16.3. The first kappa shape index (κ1) is 16.0. The van der Waals surface area contributed by atoms with Crippen LogP contribution in [0.15, 0.2) is 37.0 Å². The summed E-state index contributed by atoms with van der Waals surface area (Å²) in [5.74, 6) is 0. The Morgan fingerprint density at radius 3 is 2.57 bits per heavy atom. The number of hydrogen-bond donors (Lipinski definition) is 1. The molecule has 0 spiro atoms. The van der Waals surface area contributed by atoms with Gasteiger partial charge in [-0.25, -0.2) is 4.68 Å². The van der Waals surface area contributed by atoms with Crippen LogP contribution in [0.4, 0.5) is 0 Å². The van der Waals surface area contributed by atoms with Crippen LogP contribution in [-0.4, -0.2) is 32.9 Å². The fourth-order valence-corrected chi connectivity index (χ4v) is 3.45. The number of likely N-dealkylation sites (tertiary alicyclic amines) is 1. The van der Waals surface area contributed by atoms with Crippen molar-refractivity contribution in [3.05, 3.63) is 59.4 Å². The van der Waals surface area contributed by atoms with Gasteiger partial charge in [0.25, 0.3) is 0 Å². The molecule has 2 aromatic rings. The second-order valence-corrected chi connectivity index (χ2v) is 6.52. The van der Waals surface area contributed by atoms with E-state index in [9.17, 15) is 5.11 Å². The molecule has 0 amide bonds. The number of aromatic nitrogens is 2.